The Balaban J connectivity index is 1.59. The molecule has 6 heteroatoms. The van der Waals surface area contributed by atoms with Gasteiger partial charge < -0.3 is 10.4 Å². The molecule has 3 rings (SSSR count). The van der Waals surface area contributed by atoms with Gasteiger partial charge in [-0.05, 0) is 30.3 Å². The molecule has 24 heavy (non-hydrogen) atoms. The van der Waals surface area contributed by atoms with Crippen molar-refractivity contribution < 1.29 is 14.3 Å². The third-order valence-electron chi connectivity index (χ3n) is 3.44. The van der Waals surface area contributed by atoms with Crippen LogP contribution in [-0.4, -0.2) is 16.0 Å². The molecular formula is C18H15FN2O2S. The number of hydrogen-bond acceptors (Lipinski definition) is 4. The molecule has 0 spiro atoms. The number of rotatable bonds is 5. The van der Waals surface area contributed by atoms with Gasteiger partial charge in [0.25, 0.3) is 0 Å². The summed E-state index contributed by atoms with van der Waals surface area (Å²) >= 11 is 1.43. The molecule has 0 saturated carbocycles. The molecule has 0 aliphatic heterocycles. The minimum absolute atomic E-state index is 0.142. The fourth-order valence-corrected chi connectivity index (χ4v) is 3.01. The topological polar surface area (TPSA) is 62.2 Å². The molecule has 1 heterocycles. The summed E-state index contributed by atoms with van der Waals surface area (Å²) in [6, 6.07) is 13.1. The number of hydrogen-bond donors (Lipinski definition) is 2. The van der Waals surface area contributed by atoms with Gasteiger partial charge in [-0.25, -0.2) is 9.37 Å². The van der Waals surface area contributed by atoms with Crippen molar-refractivity contribution in [2.45, 2.75) is 13.0 Å². The zero-order valence-corrected chi connectivity index (χ0v) is 13.5. The quantitative estimate of drug-likeness (QED) is 0.746. The van der Waals surface area contributed by atoms with E-state index in [0.717, 1.165) is 10.6 Å². The number of aromatic hydroxyl groups is 1. The number of phenolic OH excluding ortho intramolecular Hbond substituents is 1. The molecule has 1 aromatic heterocycles. The molecule has 0 aliphatic carbocycles. The van der Waals surface area contributed by atoms with Crippen LogP contribution in [0.4, 0.5) is 4.39 Å². The predicted molar refractivity (Wildman–Crippen MR) is 91.2 cm³/mol. The van der Waals surface area contributed by atoms with E-state index < -0.39 is 0 Å². The summed E-state index contributed by atoms with van der Waals surface area (Å²) < 4.78 is 13.5. The molecule has 0 unspecified atom stereocenters. The third-order valence-corrected chi connectivity index (χ3v) is 4.38. The molecule has 122 valence electrons. The van der Waals surface area contributed by atoms with Crippen molar-refractivity contribution in [1.29, 1.82) is 0 Å². The summed E-state index contributed by atoms with van der Waals surface area (Å²) in [4.78, 5) is 16.4. The van der Waals surface area contributed by atoms with Crippen molar-refractivity contribution in [3.8, 4) is 16.3 Å². The second kappa shape index (κ2) is 7.23. The molecule has 0 atom stereocenters. The van der Waals surface area contributed by atoms with Crippen LogP contribution in [0.25, 0.3) is 10.6 Å². The van der Waals surface area contributed by atoms with Crippen molar-refractivity contribution in [2.24, 2.45) is 0 Å². The second-order valence-electron chi connectivity index (χ2n) is 5.24. The number of benzene rings is 2. The van der Waals surface area contributed by atoms with Crippen molar-refractivity contribution in [3.63, 3.8) is 0 Å². The second-order valence-corrected chi connectivity index (χ2v) is 6.09. The molecule has 0 radical (unpaired) electrons. The van der Waals surface area contributed by atoms with Crippen LogP contribution in [-0.2, 0) is 17.8 Å². The van der Waals surface area contributed by atoms with Gasteiger partial charge in [0.15, 0.2) is 0 Å². The molecule has 2 aromatic carbocycles. The first-order valence-electron chi connectivity index (χ1n) is 7.36. The number of carbonyl (C=O) groups excluding carboxylic acids is 1. The van der Waals surface area contributed by atoms with Crippen LogP contribution < -0.4 is 5.32 Å². The highest BCUT2D eigenvalue weighted by Crippen LogP contribution is 2.25. The summed E-state index contributed by atoms with van der Waals surface area (Å²) in [7, 11) is 0. The highest BCUT2D eigenvalue weighted by atomic mass is 32.1. The number of nitrogens with zero attached hydrogens (tertiary/aromatic N) is 1. The SMILES string of the molecule is O=C(Cc1csc(-c2ccc(O)cc2)n1)NCc1ccccc1F. The van der Waals surface area contributed by atoms with Crippen LogP contribution >= 0.6 is 11.3 Å². The Kier molecular flexibility index (Phi) is 4.86. The average Bonchev–Trinajstić information content (AvgIpc) is 3.03. The molecule has 4 nitrogen and oxygen atoms in total. The lowest BCUT2D eigenvalue weighted by Gasteiger charge is -2.05. The summed E-state index contributed by atoms with van der Waals surface area (Å²) in [5.74, 6) is -0.343. The third kappa shape index (κ3) is 3.97. The molecule has 0 saturated heterocycles. The van der Waals surface area contributed by atoms with E-state index in [1.807, 2.05) is 5.38 Å². The Labute approximate surface area is 142 Å². The molecule has 3 aromatic rings. The van der Waals surface area contributed by atoms with Crippen molar-refractivity contribution in [1.82, 2.24) is 10.3 Å². The van der Waals surface area contributed by atoms with E-state index in [9.17, 15) is 14.3 Å². The smallest absolute Gasteiger partial charge is 0.226 e. The number of amides is 1. The Morgan fingerprint density at radius 3 is 2.67 bits per heavy atom. The molecular weight excluding hydrogens is 327 g/mol. The maximum atomic E-state index is 13.5. The Morgan fingerprint density at radius 1 is 1.17 bits per heavy atom. The first-order chi connectivity index (χ1) is 11.6. The van der Waals surface area contributed by atoms with E-state index >= 15 is 0 Å². The normalized spacial score (nSPS) is 10.5. The van der Waals surface area contributed by atoms with E-state index in [4.69, 9.17) is 0 Å². The van der Waals surface area contributed by atoms with Gasteiger partial charge in [-0.3, -0.25) is 4.79 Å². The number of thiazole rings is 1. The standard InChI is InChI=1S/C18H15FN2O2S/c19-16-4-2-1-3-13(16)10-20-17(23)9-14-11-24-18(21-14)12-5-7-15(22)8-6-12/h1-8,11,22H,9-10H2,(H,20,23). The summed E-state index contributed by atoms with van der Waals surface area (Å²) in [5, 5.41) is 14.6. The fourth-order valence-electron chi connectivity index (χ4n) is 2.19. The minimum atomic E-state index is -0.332. The first kappa shape index (κ1) is 16.1. The van der Waals surface area contributed by atoms with Crippen LogP contribution in [0.3, 0.4) is 0 Å². The first-order valence-corrected chi connectivity index (χ1v) is 8.24. The molecule has 0 fully saturated rings. The predicted octanol–water partition coefficient (Wildman–Crippen LogP) is 3.51. The highest BCUT2D eigenvalue weighted by molar-refractivity contribution is 7.13. The maximum absolute atomic E-state index is 13.5. The molecule has 2 N–H and O–H groups in total. The van der Waals surface area contributed by atoms with Crippen LogP contribution in [0.2, 0.25) is 0 Å². The van der Waals surface area contributed by atoms with Crippen molar-refractivity contribution in [3.05, 3.63) is 71.0 Å². The van der Waals surface area contributed by atoms with Crippen LogP contribution in [0.1, 0.15) is 11.3 Å². The van der Waals surface area contributed by atoms with Gasteiger partial charge in [-0.2, -0.15) is 0 Å². The maximum Gasteiger partial charge on any atom is 0.226 e. The number of phenols is 1. The van der Waals surface area contributed by atoms with Crippen LogP contribution in [0, 0.1) is 5.82 Å². The van der Waals surface area contributed by atoms with Gasteiger partial charge in [0.2, 0.25) is 5.91 Å². The van der Waals surface area contributed by atoms with Crippen molar-refractivity contribution >= 4 is 17.2 Å². The summed E-state index contributed by atoms with van der Waals surface area (Å²) in [6.07, 6.45) is 0.142. The largest absolute Gasteiger partial charge is 0.508 e. The lowest BCUT2D eigenvalue weighted by molar-refractivity contribution is -0.120. The van der Waals surface area contributed by atoms with Gasteiger partial charge in [-0.1, -0.05) is 18.2 Å². The summed E-state index contributed by atoms with van der Waals surface area (Å²) in [5.41, 5.74) is 2.00. The van der Waals surface area contributed by atoms with Gasteiger partial charge >= 0.3 is 0 Å². The van der Waals surface area contributed by atoms with Gasteiger partial charge in [-0.15, -0.1) is 11.3 Å². The van der Waals surface area contributed by atoms with Crippen molar-refractivity contribution in [2.75, 3.05) is 0 Å². The van der Waals surface area contributed by atoms with Gasteiger partial charge in [0, 0.05) is 23.1 Å². The number of halogens is 1. The fraction of sp³-hybridized carbons (Fsp3) is 0.111. The molecule has 0 bridgehead atoms. The van der Waals surface area contributed by atoms with Gasteiger partial charge in [0.1, 0.15) is 16.6 Å². The van der Waals surface area contributed by atoms with E-state index in [1.54, 1.807) is 42.5 Å². The van der Waals surface area contributed by atoms with E-state index in [2.05, 4.69) is 10.3 Å². The lowest BCUT2D eigenvalue weighted by atomic mass is 10.2. The number of carbonyl (C=O) groups is 1. The van der Waals surface area contributed by atoms with E-state index in [1.165, 1.54) is 17.4 Å². The zero-order chi connectivity index (χ0) is 16.9. The Bertz CT molecular complexity index is 846. The lowest BCUT2D eigenvalue weighted by Crippen LogP contribution is -2.25. The van der Waals surface area contributed by atoms with Crippen LogP contribution in [0.15, 0.2) is 53.9 Å². The Morgan fingerprint density at radius 2 is 1.92 bits per heavy atom. The molecule has 0 aliphatic rings. The minimum Gasteiger partial charge on any atom is -0.508 e. The van der Waals surface area contributed by atoms with E-state index in [-0.39, 0.29) is 30.4 Å². The van der Waals surface area contributed by atoms with Crippen LogP contribution in [0.5, 0.6) is 5.75 Å². The molecule has 1 amide bonds. The van der Waals surface area contributed by atoms with E-state index in [0.29, 0.717) is 11.3 Å². The Hall–Kier alpha value is -2.73. The van der Waals surface area contributed by atoms with Gasteiger partial charge in [0.05, 0.1) is 12.1 Å². The zero-order valence-electron chi connectivity index (χ0n) is 12.7. The monoisotopic (exact) mass is 342 g/mol. The number of nitrogens with one attached hydrogen (secondary N) is 1. The highest BCUT2D eigenvalue weighted by Gasteiger charge is 2.10. The average molecular weight is 342 g/mol. The summed E-state index contributed by atoms with van der Waals surface area (Å²) in [6.45, 7) is 0.153. The number of aromatic nitrogens is 1.